The van der Waals surface area contributed by atoms with E-state index in [2.05, 4.69) is 15.3 Å². The number of carbonyl (C=O) groups excluding carboxylic acids is 1. The smallest absolute Gasteiger partial charge is 0.282 e. The molecule has 0 saturated carbocycles. The summed E-state index contributed by atoms with van der Waals surface area (Å²) in [5.41, 5.74) is 2.20. The van der Waals surface area contributed by atoms with E-state index >= 15 is 0 Å². The number of amides is 1. The maximum Gasteiger partial charge on any atom is 0.282 e. The third kappa shape index (κ3) is 5.15. The van der Waals surface area contributed by atoms with Crippen molar-refractivity contribution in [1.29, 1.82) is 0 Å². The van der Waals surface area contributed by atoms with E-state index in [0.717, 1.165) is 47.2 Å². The molecule has 4 heterocycles. The lowest BCUT2D eigenvalue weighted by molar-refractivity contribution is 0.0697. The van der Waals surface area contributed by atoms with Gasteiger partial charge in [-0.05, 0) is 47.9 Å². The van der Waals surface area contributed by atoms with E-state index in [1.807, 2.05) is 12.1 Å². The number of hydrogen-bond donors (Lipinski definition) is 1. The fraction of sp³-hybridized carbons (Fsp3) is 0.400. The van der Waals surface area contributed by atoms with E-state index < -0.39 is 10.0 Å². The Hall–Kier alpha value is -2.08. The molecular weight excluding hydrogens is 553 g/mol. The summed E-state index contributed by atoms with van der Waals surface area (Å²) in [5, 5.41) is 6.34. The van der Waals surface area contributed by atoms with Gasteiger partial charge in [-0.15, -0.1) is 23.7 Å². The molecule has 3 aromatic rings. The highest BCUT2D eigenvalue weighted by Gasteiger charge is 2.33. The molecule has 12 heteroatoms. The Morgan fingerprint density at radius 3 is 2.59 bits per heavy atom. The van der Waals surface area contributed by atoms with Crippen molar-refractivity contribution in [1.82, 2.24) is 19.5 Å². The molecule has 1 amide bonds. The SMILES string of the molecule is Cl.O=C(c1nc2c(s1)CNC(C1=NCCC1)C2)N1CCN(S(=O)(=O)c2ccc3cc(Cl)ccc3c2)CC1. The van der Waals surface area contributed by atoms with E-state index in [1.54, 1.807) is 29.2 Å². The Morgan fingerprint density at radius 2 is 1.84 bits per heavy atom. The molecule has 0 bridgehead atoms. The highest BCUT2D eigenvalue weighted by Crippen LogP contribution is 2.28. The Kier molecular flexibility index (Phi) is 7.59. The molecular formula is C25H27Cl2N5O3S2. The van der Waals surface area contributed by atoms with Crippen molar-refractivity contribution < 1.29 is 13.2 Å². The normalized spacial score (nSPS) is 20.4. The number of aliphatic imine (C=N–C) groups is 1. The number of nitrogens with zero attached hydrogens (tertiary/aromatic N) is 4. The van der Waals surface area contributed by atoms with Gasteiger partial charge in [-0.1, -0.05) is 23.7 Å². The number of nitrogens with one attached hydrogen (secondary N) is 1. The van der Waals surface area contributed by atoms with Crippen LogP contribution in [0.25, 0.3) is 10.8 Å². The zero-order valence-electron chi connectivity index (χ0n) is 20.0. The van der Waals surface area contributed by atoms with Gasteiger partial charge >= 0.3 is 0 Å². The van der Waals surface area contributed by atoms with Crippen LogP contribution in [0, 0.1) is 0 Å². The highest BCUT2D eigenvalue weighted by molar-refractivity contribution is 7.89. The summed E-state index contributed by atoms with van der Waals surface area (Å²) < 4.78 is 28.0. The molecule has 1 atom stereocenters. The second-order valence-corrected chi connectivity index (χ2v) is 12.8. The molecule has 3 aliphatic rings. The van der Waals surface area contributed by atoms with Gasteiger partial charge in [0.05, 0.1) is 16.6 Å². The zero-order chi connectivity index (χ0) is 24.9. The minimum atomic E-state index is -3.66. The van der Waals surface area contributed by atoms with E-state index in [0.29, 0.717) is 29.7 Å². The Bertz CT molecular complexity index is 1480. The number of aromatic nitrogens is 1. The first-order chi connectivity index (χ1) is 17.4. The monoisotopic (exact) mass is 579 g/mol. The first-order valence-electron chi connectivity index (χ1n) is 12.1. The van der Waals surface area contributed by atoms with Crippen LogP contribution >= 0.6 is 35.3 Å². The minimum absolute atomic E-state index is 0. The van der Waals surface area contributed by atoms with Gasteiger partial charge in [0.25, 0.3) is 5.91 Å². The molecule has 8 nitrogen and oxygen atoms in total. The number of carbonyl (C=O) groups is 1. The number of sulfonamides is 1. The van der Waals surface area contributed by atoms with E-state index in [-0.39, 0.29) is 42.3 Å². The fourth-order valence-corrected chi connectivity index (χ4v) is 7.75. The standard InChI is InChI=1S/C25H26ClN5O3S2.ClH/c26-18-5-3-17-13-19(6-4-16(17)12-18)36(33,34)31-10-8-30(9-11-31)25(32)24-29-22-14-21(20-2-1-7-27-20)28-15-23(22)35-24;/h3-6,12-13,21,28H,1-2,7-11,14-15H2;1H. The highest BCUT2D eigenvalue weighted by atomic mass is 35.5. The summed E-state index contributed by atoms with van der Waals surface area (Å²) in [7, 11) is -3.66. The number of thiazole rings is 1. The van der Waals surface area contributed by atoms with Crippen molar-refractivity contribution >= 4 is 67.8 Å². The van der Waals surface area contributed by atoms with Crippen LogP contribution in [0.2, 0.25) is 5.02 Å². The van der Waals surface area contributed by atoms with Gasteiger partial charge in [0.1, 0.15) is 0 Å². The lowest BCUT2D eigenvalue weighted by atomic mass is 10.00. The topological polar surface area (TPSA) is 95.0 Å². The molecule has 1 aromatic heterocycles. The van der Waals surface area contributed by atoms with Crippen LogP contribution in [0.15, 0.2) is 46.3 Å². The Labute approximate surface area is 231 Å². The molecule has 37 heavy (non-hydrogen) atoms. The first-order valence-corrected chi connectivity index (χ1v) is 14.8. The minimum Gasteiger partial charge on any atom is -0.334 e. The number of rotatable bonds is 4. The molecule has 196 valence electrons. The van der Waals surface area contributed by atoms with Crippen molar-refractivity contribution in [3.63, 3.8) is 0 Å². The number of benzene rings is 2. The van der Waals surface area contributed by atoms with Crippen LogP contribution in [0.1, 0.15) is 33.2 Å². The van der Waals surface area contributed by atoms with Crippen LogP contribution in [-0.4, -0.2) is 73.0 Å². The molecule has 6 rings (SSSR count). The average molecular weight is 581 g/mol. The first kappa shape index (κ1) is 26.5. The number of fused-ring (bicyclic) bond motifs is 2. The molecule has 0 radical (unpaired) electrons. The predicted octanol–water partition coefficient (Wildman–Crippen LogP) is 3.77. The second kappa shape index (κ2) is 10.6. The van der Waals surface area contributed by atoms with Crippen LogP contribution in [0.4, 0.5) is 0 Å². The van der Waals surface area contributed by atoms with Crippen LogP contribution < -0.4 is 5.32 Å². The van der Waals surface area contributed by atoms with Crippen molar-refractivity contribution in [2.24, 2.45) is 4.99 Å². The summed E-state index contributed by atoms with van der Waals surface area (Å²) in [6, 6.07) is 10.7. The van der Waals surface area contributed by atoms with Gasteiger partial charge in [0, 0.05) is 61.3 Å². The third-order valence-electron chi connectivity index (χ3n) is 7.11. The lowest BCUT2D eigenvalue weighted by Crippen LogP contribution is -2.50. The van der Waals surface area contributed by atoms with Gasteiger partial charge < -0.3 is 10.2 Å². The summed E-state index contributed by atoms with van der Waals surface area (Å²) in [6.07, 6.45) is 2.91. The molecule has 0 aliphatic carbocycles. The zero-order valence-corrected chi connectivity index (χ0v) is 23.2. The summed E-state index contributed by atoms with van der Waals surface area (Å²) in [6.45, 7) is 2.78. The molecule has 3 aliphatic heterocycles. The number of piperazine rings is 1. The number of hydrogen-bond acceptors (Lipinski definition) is 7. The number of halogens is 2. The molecule has 1 fully saturated rings. The Morgan fingerprint density at radius 1 is 1.08 bits per heavy atom. The van der Waals surface area contributed by atoms with Crippen molar-refractivity contribution in [3.05, 3.63) is 57.0 Å². The van der Waals surface area contributed by atoms with Crippen LogP contribution in [0.3, 0.4) is 0 Å². The summed E-state index contributed by atoms with van der Waals surface area (Å²) in [5.74, 6) is -0.121. The van der Waals surface area contributed by atoms with E-state index in [4.69, 9.17) is 11.6 Å². The van der Waals surface area contributed by atoms with Crippen molar-refractivity contribution in [3.8, 4) is 0 Å². The van der Waals surface area contributed by atoms with Gasteiger partial charge in [0.15, 0.2) is 5.01 Å². The molecule has 1 N–H and O–H groups in total. The third-order valence-corrected chi connectivity index (χ3v) is 10.3. The fourth-order valence-electron chi connectivity index (χ4n) is 5.11. The van der Waals surface area contributed by atoms with Crippen LogP contribution in [-0.2, 0) is 23.0 Å². The molecule has 1 saturated heterocycles. The Balaban J connectivity index is 0.00000280. The molecule has 0 spiro atoms. The predicted molar refractivity (Wildman–Crippen MR) is 149 cm³/mol. The quantitative estimate of drug-likeness (QED) is 0.507. The van der Waals surface area contributed by atoms with Crippen LogP contribution in [0.5, 0.6) is 0 Å². The maximum atomic E-state index is 13.3. The van der Waals surface area contributed by atoms with E-state index in [9.17, 15) is 13.2 Å². The largest absolute Gasteiger partial charge is 0.334 e. The van der Waals surface area contributed by atoms with Gasteiger partial charge in [0.2, 0.25) is 10.0 Å². The lowest BCUT2D eigenvalue weighted by Gasteiger charge is -2.33. The van der Waals surface area contributed by atoms with Crippen molar-refractivity contribution in [2.45, 2.75) is 36.7 Å². The van der Waals surface area contributed by atoms with Gasteiger partial charge in [-0.25, -0.2) is 13.4 Å². The molecule has 1 unspecified atom stereocenters. The van der Waals surface area contributed by atoms with E-state index in [1.165, 1.54) is 21.4 Å². The average Bonchev–Trinajstić information content (AvgIpc) is 3.58. The van der Waals surface area contributed by atoms with Gasteiger partial charge in [-0.2, -0.15) is 4.31 Å². The summed E-state index contributed by atoms with van der Waals surface area (Å²) >= 11 is 7.49. The maximum absolute atomic E-state index is 13.3. The molecule has 2 aromatic carbocycles. The van der Waals surface area contributed by atoms with Crippen molar-refractivity contribution in [2.75, 3.05) is 32.7 Å². The second-order valence-electron chi connectivity index (χ2n) is 9.35. The summed E-state index contributed by atoms with van der Waals surface area (Å²) in [4.78, 5) is 25.6. The van der Waals surface area contributed by atoms with Gasteiger partial charge in [-0.3, -0.25) is 9.79 Å².